The maximum atomic E-state index is 11.9. The fourth-order valence-electron chi connectivity index (χ4n) is 3.39. The number of nitrogens with two attached hydrogens (primary N) is 1. The van der Waals surface area contributed by atoms with E-state index in [0.29, 0.717) is 24.6 Å². The molecule has 134 valence electrons. The third kappa shape index (κ3) is 3.54. The van der Waals surface area contributed by atoms with Crippen LogP contribution >= 0.6 is 11.3 Å². The van der Waals surface area contributed by atoms with Crippen LogP contribution in [0.4, 0.5) is 0 Å². The Morgan fingerprint density at radius 3 is 2.88 bits per heavy atom. The predicted octanol–water partition coefficient (Wildman–Crippen LogP) is 2.64. The summed E-state index contributed by atoms with van der Waals surface area (Å²) in [6.07, 6.45) is 2.19. The topological polar surface area (TPSA) is 85.3 Å². The monoisotopic (exact) mass is 368 g/mol. The van der Waals surface area contributed by atoms with E-state index in [1.54, 1.807) is 11.3 Å². The number of hydrogen-bond acceptors (Lipinski definition) is 6. The Balaban J connectivity index is 1.38. The minimum atomic E-state index is -0.266. The van der Waals surface area contributed by atoms with E-state index in [2.05, 4.69) is 27.2 Å². The number of nitrogens with zero attached hydrogens (tertiary/aromatic N) is 3. The van der Waals surface area contributed by atoms with Gasteiger partial charge in [-0.05, 0) is 42.0 Å². The number of fused-ring (bicyclic) bond motifs is 1. The number of carbonyl (C=O) groups excluding carboxylic acids is 1. The van der Waals surface area contributed by atoms with Crippen molar-refractivity contribution < 1.29 is 9.32 Å². The van der Waals surface area contributed by atoms with E-state index in [9.17, 15) is 4.79 Å². The van der Waals surface area contributed by atoms with Crippen LogP contribution in [0.3, 0.4) is 0 Å². The van der Waals surface area contributed by atoms with Gasteiger partial charge in [-0.25, -0.2) is 0 Å². The van der Waals surface area contributed by atoms with Gasteiger partial charge < -0.3 is 10.3 Å². The molecular formula is C19H20N4O2S. The first-order valence-corrected chi connectivity index (χ1v) is 9.55. The number of aryl methyl sites for hydroxylation is 1. The molecule has 0 spiro atoms. The summed E-state index contributed by atoms with van der Waals surface area (Å²) in [6, 6.07) is 11.9. The zero-order valence-electron chi connectivity index (χ0n) is 14.3. The number of thiophene rings is 1. The van der Waals surface area contributed by atoms with Crippen molar-refractivity contribution in [1.29, 1.82) is 0 Å². The van der Waals surface area contributed by atoms with E-state index < -0.39 is 0 Å². The highest BCUT2D eigenvalue weighted by Crippen LogP contribution is 2.24. The lowest BCUT2D eigenvalue weighted by atomic mass is 9.93. The van der Waals surface area contributed by atoms with Gasteiger partial charge in [-0.1, -0.05) is 35.5 Å². The zero-order valence-corrected chi connectivity index (χ0v) is 15.1. The molecule has 0 saturated heterocycles. The van der Waals surface area contributed by atoms with E-state index in [1.807, 2.05) is 29.6 Å². The molecular weight excluding hydrogens is 348 g/mol. The van der Waals surface area contributed by atoms with Gasteiger partial charge in [-0.3, -0.25) is 9.69 Å². The Morgan fingerprint density at radius 1 is 1.27 bits per heavy atom. The number of aromatic nitrogens is 2. The second kappa shape index (κ2) is 7.39. The third-order valence-corrected chi connectivity index (χ3v) is 5.59. The van der Waals surface area contributed by atoms with Crippen molar-refractivity contribution in [3.63, 3.8) is 0 Å². The summed E-state index contributed by atoms with van der Waals surface area (Å²) in [5, 5.41) is 6.02. The van der Waals surface area contributed by atoms with Gasteiger partial charge in [0.2, 0.25) is 17.6 Å². The first kappa shape index (κ1) is 16.9. The first-order valence-electron chi connectivity index (χ1n) is 8.67. The molecule has 1 amide bonds. The summed E-state index contributed by atoms with van der Waals surface area (Å²) in [6.45, 7) is 1.51. The first-order chi connectivity index (χ1) is 12.7. The highest BCUT2D eigenvalue weighted by atomic mass is 32.1. The Hall–Kier alpha value is -2.51. The summed E-state index contributed by atoms with van der Waals surface area (Å²) in [5.74, 6) is 0.996. The molecule has 3 heterocycles. The quantitative estimate of drug-likeness (QED) is 0.723. The van der Waals surface area contributed by atoms with Gasteiger partial charge in [0.1, 0.15) is 0 Å². The summed E-state index contributed by atoms with van der Waals surface area (Å²) < 4.78 is 5.34. The van der Waals surface area contributed by atoms with Crippen LogP contribution in [0.2, 0.25) is 0 Å². The average molecular weight is 368 g/mol. The number of primary amides is 1. The SMILES string of the molecule is NC(=O)[C@@H]1Cc2ccccc2CN1CCCc1nc(-c2cccs2)no1. The maximum Gasteiger partial charge on any atom is 0.235 e. The standard InChI is InChI=1S/C19H20N4O2S/c20-18(24)15-11-13-5-1-2-6-14(13)12-23(15)9-3-8-17-21-19(22-25-17)16-7-4-10-26-16/h1-2,4-7,10,15H,3,8-9,11-12H2,(H2,20,24)/t15-/m0/s1. The molecule has 1 aromatic carbocycles. The van der Waals surface area contributed by atoms with Crippen LogP contribution in [-0.2, 0) is 24.2 Å². The maximum absolute atomic E-state index is 11.9. The van der Waals surface area contributed by atoms with Crippen LogP contribution in [0.25, 0.3) is 10.7 Å². The number of carbonyl (C=O) groups is 1. The molecule has 6 nitrogen and oxygen atoms in total. The second-order valence-electron chi connectivity index (χ2n) is 6.45. The van der Waals surface area contributed by atoms with Crippen LogP contribution < -0.4 is 5.73 Å². The van der Waals surface area contributed by atoms with Gasteiger partial charge in [0, 0.05) is 13.0 Å². The average Bonchev–Trinajstić information content (AvgIpc) is 3.32. The molecule has 2 N–H and O–H groups in total. The summed E-state index contributed by atoms with van der Waals surface area (Å²) >= 11 is 1.59. The van der Waals surface area contributed by atoms with Crippen LogP contribution in [0.5, 0.6) is 0 Å². The molecule has 1 atom stereocenters. The molecule has 0 saturated carbocycles. The van der Waals surface area contributed by atoms with Crippen molar-refractivity contribution in [3.8, 4) is 10.7 Å². The van der Waals surface area contributed by atoms with Crippen molar-refractivity contribution in [3.05, 3.63) is 58.8 Å². The molecule has 0 radical (unpaired) electrons. The number of benzene rings is 1. The second-order valence-corrected chi connectivity index (χ2v) is 7.40. The fraction of sp³-hybridized carbons (Fsp3) is 0.316. The summed E-state index contributed by atoms with van der Waals surface area (Å²) in [5.41, 5.74) is 8.11. The molecule has 2 aromatic heterocycles. The van der Waals surface area contributed by atoms with Crippen LogP contribution in [0.1, 0.15) is 23.4 Å². The Bertz CT molecular complexity index is 891. The molecule has 0 unspecified atom stereocenters. The third-order valence-electron chi connectivity index (χ3n) is 4.72. The van der Waals surface area contributed by atoms with E-state index >= 15 is 0 Å². The lowest BCUT2D eigenvalue weighted by Crippen LogP contribution is -2.48. The van der Waals surface area contributed by atoms with Gasteiger partial charge in [0.15, 0.2) is 0 Å². The van der Waals surface area contributed by atoms with Crippen molar-refractivity contribution >= 4 is 17.2 Å². The van der Waals surface area contributed by atoms with Gasteiger partial charge >= 0.3 is 0 Å². The predicted molar refractivity (Wildman–Crippen MR) is 99.5 cm³/mol. The van der Waals surface area contributed by atoms with E-state index in [0.717, 1.165) is 24.4 Å². The van der Waals surface area contributed by atoms with Crippen LogP contribution in [-0.4, -0.2) is 33.5 Å². The lowest BCUT2D eigenvalue weighted by molar-refractivity contribution is -0.123. The molecule has 1 aliphatic rings. The van der Waals surface area contributed by atoms with Gasteiger partial charge in [0.25, 0.3) is 0 Å². The van der Waals surface area contributed by atoms with Crippen LogP contribution in [0.15, 0.2) is 46.3 Å². The van der Waals surface area contributed by atoms with E-state index in [1.165, 1.54) is 11.1 Å². The molecule has 1 aliphatic heterocycles. The number of hydrogen-bond donors (Lipinski definition) is 1. The minimum Gasteiger partial charge on any atom is -0.368 e. The molecule has 0 bridgehead atoms. The molecule has 3 aromatic rings. The minimum absolute atomic E-state index is 0.255. The summed E-state index contributed by atoms with van der Waals surface area (Å²) in [4.78, 5) is 19.5. The van der Waals surface area contributed by atoms with Crippen molar-refractivity contribution in [2.75, 3.05) is 6.54 Å². The van der Waals surface area contributed by atoms with Gasteiger partial charge in [-0.15, -0.1) is 11.3 Å². The molecule has 7 heteroatoms. The summed E-state index contributed by atoms with van der Waals surface area (Å²) in [7, 11) is 0. The Labute approximate surface area is 155 Å². The van der Waals surface area contributed by atoms with Crippen molar-refractivity contribution in [2.24, 2.45) is 5.73 Å². The molecule has 4 rings (SSSR count). The van der Waals surface area contributed by atoms with Gasteiger partial charge in [-0.2, -0.15) is 4.98 Å². The van der Waals surface area contributed by atoms with Crippen molar-refractivity contribution in [1.82, 2.24) is 15.0 Å². The normalized spacial score (nSPS) is 17.2. The fourth-order valence-corrected chi connectivity index (χ4v) is 4.04. The molecule has 0 aliphatic carbocycles. The van der Waals surface area contributed by atoms with Crippen LogP contribution in [0, 0.1) is 0 Å². The largest absolute Gasteiger partial charge is 0.368 e. The molecule has 26 heavy (non-hydrogen) atoms. The van der Waals surface area contributed by atoms with Crippen molar-refractivity contribution in [2.45, 2.75) is 31.8 Å². The zero-order chi connectivity index (χ0) is 17.9. The molecule has 0 fully saturated rings. The number of amides is 1. The van der Waals surface area contributed by atoms with E-state index in [4.69, 9.17) is 10.3 Å². The smallest absolute Gasteiger partial charge is 0.235 e. The van der Waals surface area contributed by atoms with Gasteiger partial charge in [0.05, 0.1) is 10.9 Å². The highest BCUT2D eigenvalue weighted by Gasteiger charge is 2.29. The lowest BCUT2D eigenvalue weighted by Gasteiger charge is -2.35. The highest BCUT2D eigenvalue weighted by molar-refractivity contribution is 7.13. The Kier molecular flexibility index (Phi) is 4.81. The number of rotatable bonds is 6. The Morgan fingerprint density at radius 2 is 2.12 bits per heavy atom. The van der Waals surface area contributed by atoms with E-state index in [-0.39, 0.29) is 11.9 Å².